The van der Waals surface area contributed by atoms with Crippen LogP contribution < -0.4 is 15.0 Å². The van der Waals surface area contributed by atoms with E-state index in [0.29, 0.717) is 48.4 Å². The summed E-state index contributed by atoms with van der Waals surface area (Å²) in [5.41, 5.74) is 1.90. The third-order valence-corrected chi connectivity index (χ3v) is 8.87. The number of likely N-dealkylation sites (tertiary alicyclic amines) is 1. The normalized spacial score (nSPS) is 18.7. The zero-order valence-corrected chi connectivity index (χ0v) is 26.0. The molecule has 1 N–H and O–H groups in total. The van der Waals surface area contributed by atoms with Crippen molar-refractivity contribution in [3.05, 3.63) is 71.1 Å². The molecule has 2 saturated heterocycles. The molecule has 6 rings (SSSR count). The molecule has 0 aliphatic carbocycles. The molecule has 2 amide bonds. The molecule has 0 bridgehead atoms. The fraction of sp³-hybridized carbons (Fsp3) is 0.455. The second-order valence-electron chi connectivity index (χ2n) is 11.8. The molecule has 1 unspecified atom stereocenters. The lowest BCUT2D eigenvalue weighted by Crippen LogP contribution is -2.52. The lowest BCUT2D eigenvalue weighted by molar-refractivity contribution is -0.133. The number of amides is 2. The minimum atomic E-state index is -0.00909. The Balaban J connectivity index is 1.04. The van der Waals surface area contributed by atoms with E-state index < -0.39 is 0 Å². The summed E-state index contributed by atoms with van der Waals surface area (Å²) in [6.07, 6.45) is 5.47. The van der Waals surface area contributed by atoms with Crippen molar-refractivity contribution in [1.82, 2.24) is 24.7 Å². The van der Waals surface area contributed by atoms with Crippen LogP contribution in [0, 0.1) is 6.92 Å². The zero-order chi connectivity index (χ0) is 30.5. The second-order valence-corrected chi connectivity index (χ2v) is 12.2. The van der Waals surface area contributed by atoms with Crippen LogP contribution in [0.3, 0.4) is 0 Å². The maximum atomic E-state index is 13.4. The number of aromatic nitrogens is 2. The predicted molar refractivity (Wildman–Crippen MR) is 171 cm³/mol. The van der Waals surface area contributed by atoms with Crippen LogP contribution in [0.1, 0.15) is 43.1 Å². The standard InChI is InChI=1S/C33H40ClN7O3/c1-24-35-22-29-30(37-26-7-5-9-28(21-26)44-27-8-4-6-25(34)20-27)10-15-41(33(29)36-24)23-32(43)40-18-16-38(17-19-40)14-11-31(42)39-12-2-3-13-39/h4-9,20-22,30,37H,2-3,10-19,23H2,1H3. The predicted octanol–water partition coefficient (Wildman–Crippen LogP) is 4.75. The molecule has 10 nitrogen and oxygen atoms in total. The van der Waals surface area contributed by atoms with Crippen LogP contribution in [0.2, 0.25) is 5.02 Å². The summed E-state index contributed by atoms with van der Waals surface area (Å²) in [5, 5.41) is 4.26. The highest BCUT2D eigenvalue weighted by Crippen LogP contribution is 2.35. The molecule has 3 aromatic rings. The Morgan fingerprint density at radius 2 is 1.66 bits per heavy atom. The summed E-state index contributed by atoms with van der Waals surface area (Å²) >= 11 is 6.12. The summed E-state index contributed by atoms with van der Waals surface area (Å²) in [6, 6.07) is 15.2. The number of ether oxygens (including phenoxy) is 1. The molecule has 1 aromatic heterocycles. The van der Waals surface area contributed by atoms with Crippen molar-refractivity contribution in [1.29, 1.82) is 0 Å². The van der Waals surface area contributed by atoms with E-state index in [1.165, 1.54) is 0 Å². The molecule has 3 aliphatic heterocycles. The SMILES string of the molecule is Cc1ncc2c(n1)N(CC(=O)N1CCN(CCC(=O)N3CCCC3)CC1)CCC2Nc1cccc(Oc2cccc(Cl)c2)c1. The molecule has 2 aromatic carbocycles. The first kappa shape index (κ1) is 30.1. The average molecular weight is 618 g/mol. The van der Waals surface area contributed by atoms with Crippen molar-refractivity contribution in [3.8, 4) is 11.5 Å². The van der Waals surface area contributed by atoms with Gasteiger partial charge in [0, 0.05) is 87.3 Å². The Morgan fingerprint density at radius 1 is 0.932 bits per heavy atom. The number of benzene rings is 2. The smallest absolute Gasteiger partial charge is 0.242 e. The number of nitrogens with one attached hydrogen (secondary N) is 1. The number of carbonyl (C=O) groups is 2. The first-order valence-electron chi connectivity index (χ1n) is 15.6. The van der Waals surface area contributed by atoms with Gasteiger partial charge in [0.1, 0.15) is 23.1 Å². The molecule has 1 atom stereocenters. The van der Waals surface area contributed by atoms with Gasteiger partial charge < -0.3 is 24.8 Å². The Morgan fingerprint density at radius 3 is 2.43 bits per heavy atom. The molecule has 44 heavy (non-hydrogen) atoms. The van der Waals surface area contributed by atoms with E-state index in [9.17, 15) is 9.59 Å². The number of anilines is 2. The van der Waals surface area contributed by atoms with Gasteiger partial charge in [-0.1, -0.05) is 23.7 Å². The first-order valence-corrected chi connectivity index (χ1v) is 16.0. The molecule has 0 spiro atoms. The average Bonchev–Trinajstić information content (AvgIpc) is 3.57. The van der Waals surface area contributed by atoms with Crippen LogP contribution in [0.5, 0.6) is 11.5 Å². The summed E-state index contributed by atoms with van der Waals surface area (Å²) in [5.74, 6) is 3.23. The van der Waals surface area contributed by atoms with Crippen LogP contribution in [-0.4, -0.2) is 95.4 Å². The number of carbonyl (C=O) groups excluding carboxylic acids is 2. The lowest BCUT2D eigenvalue weighted by Gasteiger charge is -2.38. The molecule has 0 saturated carbocycles. The van der Waals surface area contributed by atoms with E-state index in [1.54, 1.807) is 6.07 Å². The van der Waals surface area contributed by atoms with Gasteiger partial charge in [-0.3, -0.25) is 14.5 Å². The van der Waals surface area contributed by atoms with Crippen molar-refractivity contribution < 1.29 is 14.3 Å². The number of hydrogen-bond donors (Lipinski definition) is 1. The van der Waals surface area contributed by atoms with Crippen LogP contribution in [0.25, 0.3) is 0 Å². The van der Waals surface area contributed by atoms with Gasteiger partial charge in [-0.05, 0) is 56.5 Å². The molecular weight excluding hydrogens is 578 g/mol. The van der Waals surface area contributed by atoms with Crippen LogP contribution in [0.15, 0.2) is 54.7 Å². The fourth-order valence-electron chi connectivity index (χ4n) is 6.20. The Hall–Kier alpha value is -3.89. The second kappa shape index (κ2) is 13.8. The van der Waals surface area contributed by atoms with Gasteiger partial charge in [-0.2, -0.15) is 0 Å². The number of nitrogens with zero attached hydrogens (tertiary/aromatic N) is 6. The molecule has 2 fully saturated rings. The largest absolute Gasteiger partial charge is 0.457 e. The summed E-state index contributed by atoms with van der Waals surface area (Å²) in [7, 11) is 0. The van der Waals surface area contributed by atoms with Crippen molar-refractivity contribution in [2.24, 2.45) is 0 Å². The summed E-state index contributed by atoms with van der Waals surface area (Å²) in [6.45, 7) is 8.36. The van der Waals surface area contributed by atoms with E-state index in [-0.39, 0.29) is 24.4 Å². The van der Waals surface area contributed by atoms with Crippen LogP contribution in [-0.2, 0) is 9.59 Å². The van der Waals surface area contributed by atoms with E-state index in [1.807, 2.05) is 65.4 Å². The van der Waals surface area contributed by atoms with Crippen molar-refractivity contribution in [2.75, 3.05) is 69.1 Å². The quantitative estimate of drug-likeness (QED) is 0.368. The number of hydrogen-bond acceptors (Lipinski definition) is 8. The van der Waals surface area contributed by atoms with Gasteiger partial charge in [0.05, 0.1) is 12.6 Å². The van der Waals surface area contributed by atoms with E-state index in [0.717, 1.165) is 69.1 Å². The maximum Gasteiger partial charge on any atom is 0.242 e. The molecule has 232 valence electrons. The van der Waals surface area contributed by atoms with Crippen molar-refractivity contribution >= 4 is 34.9 Å². The van der Waals surface area contributed by atoms with Crippen LogP contribution in [0.4, 0.5) is 11.5 Å². The monoisotopic (exact) mass is 617 g/mol. The zero-order valence-electron chi connectivity index (χ0n) is 25.3. The van der Waals surface area contributed by atoms with Gasteiger partial charge in [0.25, 0.3) is 0 Å². The number of aryl methyl sites for hydroxylation is 1. The van der Waals surface area contributed by atoms with Gasteiger partial charge >= 0.3 is 0 Å². The molecule has 0 radical (unpaired) electrons. The Kier molecular flexibility index (Phi) is 9.47. The summed E-state index contributed by atoms with van der Waals surface area (Å²) in [4.78, 5) is 43.4. The number of halogens is 1. The minimum Gasteiger partial charge on any atom is -0.457 e. The Bertz CT molecular complexity index is 1470. The van der Waals surface area contributed by atoms with E-state index in [2.05, 4.69) is 20.1 Å². The van der Waals surface area contributed by atoms with Crippen molar-refractivity contribution in [2.45, 2.75) is 38.6 Å². The Labute approximate surface area is 264 Å². The fourth-order valence-corrected chi connectivity index (χ4v) is 6.38. The van der Waals surface area contributed by atoms with E-state index in [4.69, 9.17) is 21.3 Å². The highest BCUT2D eigenvalue weighted by Gasteiger charge is 2.30. The van der Waals surface area contributed by atoms with Gasteiger partial charge in [0.2, 0.25) is 11.8 Å². The van der Waals surface area contributed by atoms with Gasteiger partial charge in [0.15, 0.2) is 0 Å². The van der Waals surface area contributed by atoms with Gasteiger partial charge in [-0.15, -0.1) is 0 Å². The topological polar surface area (TPSA) is 94.1 Å². The third kappa shape index (κ3) is 7.42. The number of fused-ring (bicyclic) bond motifs is 1. The molecule has 4 heterocycles. The van der Waals surface area contributed by atoms with E-state index >= 15 is 0 Å². The van der Waals surface area contributed by atoms with Crippen LogP contribution >= 0.6 is 11.6 Å². The molecule has 11 heteroatoms. The molecular formula is C33H40ClN7O3. The highest BCUT2D eigenvalue weighted by molar-refractivity contribution is 6.30. The molecule has 3 aliphatic rings. The number of piperazine rings is 1. The third-order valence-electron chi connectivity index (χ3n) is 8.64. The van der Waals surface area contributed by atoms with Gasteiger partial charge in [-0.25, -0.2) is 9.97 Å². The number of rotatable bonds is 9. The maximum absolute atomic E-state index is 13.4. The van der Waals surface area contributed by atoms with Crippen molar-refractivity contribution in [3.63, 3.8) is 0 Å². The summed E-state index contributed by atoms with van der Waals surface area (Å²) < 4.78 is 6.02. The minimum absolute atomic E-state index is 0.00909. The first-order chi connectivity index (χ1) is 21.4. The highest BCUT2D eigenvalue weighted by atomic mass is 35.5. The lowest BCUT2D eigenvalue weighted by atomic mass is 10.00.